The Balaban J connectivity index is 2.19. The molecule has 20 heavy (non-hydrogen) atoms. The minimum atomic E-state index is -3.40. The molecule has 116 valence electrons. The number of piperidine rings is 1. The van der Waals surface area contributed by atoms with Gasteiger partial charge in [0.25, 0.3) is 0 Å². The van der Waals surface area contributed by atoms with Gasteiger partial charge in [-0.3, -0.25) is 4.79 Å². The largest absolute Gasteiger partial charge is 0.469 e. The fourth-order valence-corrected chi connectivity index (χ4v) is 5.90. The highest BCUT2D eigenvalue weighted by atomic mass is 32.2. The second-order valence-electron chi connectivity index (χ2n) is 6.75. The third kappa shape index (κ3) is 3.01. The lowest BCUT2D eigenvalue weighted by atomic mass is 9.85. The zero-order valence-electron chi connectivity index (χ0n) is 12.6. The molecular formula is C14H25NO4S. The Morgan fingerprint density at radius 1 is 1.25 bits per heavy atom. The molecule has 1 aliphatic heterocycles. The van der Waals surface area contributed by atoms with Gasteiger partial charge in [0.1, 0.15) is 0 Å². The molecule has 0 spiro atoms. The summed E-state index contributed by atoms with van der Waals surface area (Å²) in [4.78, 5) is 11.8. The van der Waals surface area contributed by atoms with E-state index in [1.165, 1.54) is 7.11 Å². The second-order valence-corrected chi connectivity index (χ2v) is 8.90. The molecule has 0 N–H and O–H groups in total. The summed E-state index contributed by atoms with van der Waals surface area (Å²) >= 11 is 0. The molecular weight excluding hydrogens is 278 g/mol. The topological polar surface area (TPSA) is 63.7 Å². The Morgan fingerprint density at radius 2 is 1.95 bits per heavy atom. The van der Waals surface area contributed by atoms with E-state index < -0.39 is 21.2 Å². The molecule has 0 bridgehead atoms. The van der Waals surface area contributed by atoms with Gasteiger partial charge in [0.2, 0.25) is 10.0 Å². The molecule has 2 atom stereocenters. The van der Waals surface area contributed by atoms with Crippen LogP contribution in [0.3, 0.4) is 0 Å². The molecule has 2 rings (SSSR count). The van der Waals surface area contributed by atoms with Crippen LogP contribution in [0, 0.1) is 11.3 Å². The van der Waals surface area contributed by atoms with Crippen LogP contribution in [0.1, 0.15) is 46.0 Å². The van der Waals surface area contributed by atoms with Crippen molar-refractivity contribution in [1.82, 2.24) is 4.31 Å². The van der Waals surface area contributed by atoms with Crippen LogP contribution in [0.25, 0.3) is 0 Å². The van der Waals surface area contributed by atoms with Gasteiger partial charge in [-0.25, -0.2) is 12.7 Å². The number of hydrogen-bond acceptors (Lipinski definition) is 4. The van der Waals surface area contributed by atoms with Crippen LogP contribution in [0.15, 0.2) is 0 Å². The monoisotopic (exact) mass is 303 g/mol. The number of ether oxygens (including phenoxy) is 1. The first-order chi connectivity index (χ1) is 9.28. The van der Waals surface area contributed by atoms with Crippen LogP contribution in [-0.2, 0) is 19.6 Å². The molecule has 5 nitrogen and oxygen atoms in total. The number of esters is 1. The van der Waals surface area contributed by atoms with Crippen LogP contribution >= 0.6 is 0 Å². The molecule has 0 aromatic rings. The van der Waals surface area contributed by atoms with Gasteiger partial charge in [-0.05, 0) is 31.1 Å². The van der Waals surface area contributed by atoms with E-state index in [1.54, 1.807) is 4.31 Å². The van der Waals surface area contributed by atoms with Crippen molar-refractivity contribution in [3.63, 3.8) is 0 Å². The quantitative estimate of drug-likeness (QED) is 0.746. The molecule has 2 unspecified atom stereocenters. The average molecular weight is 303 g/mol. The molecule has 1 aliphatic carbocycles. The number of rotatable bonds is 3. The van der Waals surface area contributed by atoms with Gasteiger partial charge in [0.05, 0.1) is 18.3 Å². The van der Waals surface area contributed by atoms with E-state index in [2.05, 4.69) is 13.8 Å². The lowest BCUT2D eigenvalue weighted by Crippen LogP contribution is -2.48. The maximum Gasteiger partial charge on any atom is 0.310 e. The van der Waals surface area contributed by atoms with E-state index in [0.717, 1.165) is 19.3 Å². The third-order valence-electron chi connectivity index (χ3n) is 4.56. The molecule has 0 aromatic carbocycles. The minimum Gasteiger partial charge on any atom is -0.469 e. The molecule has 1 heterocycles. The molecule has 0 amide bonds. The van der Waals surface area contributed by atoms with Gasteiger partial charge in [-0.2, -0.15) is 0 Å². The molecule has 0 radical (unpaired) electrons. The van der Waals surface area contributed by atoms with Gasteiger partial charge in [0, 0.05) is 13.1 Å². The van der Waals surface area contributed by atoms with E-state index in [0.29, 0.717) is 25.9 Å². The van der Waals surface area contributed by atoms with Gasteiger partial charge < -0.3 is 4.74 Å². The standard InChI is InChI=1S/C14H25NO4S/c1-14(2)8-5-9-15(10-14)20(17,18)12-7-4-6-11(12)13(16)19-3/h11-12H,4-10H2,1-3H3. The fraction of sp³-hybridized carbons (Fsp3) is 0.929. The van der Waals surface area contributed by atoms with Crippen LogP contribution in [0.4, 0.5) is 0 Å². The number of methoxy groups -OCH3 is 1. The maximum absolute atomic E-state index is 12.8. The van der Waals surface area contributed by atoms with Crippen molar-refractivity contribution in [3.05, 3.63) is 0 Å². The van der Waals surface area contributed by atoms with E-state index in [9.17, 15) is 13.2 Å². The van der Waals surface area contributed by atoms with Crippen molar-refractivity contribution in [1.29, 1.82) is 0 Å². The summed E-state index contributed by atoms with van der Waals surface area (Å²) < 4.78 is 32.0. The molecule has 6 heteroatoms. The smallest absolute Gasteiger partial charge is 0.310 e. The zero-order valence-corrected chi connectivity index (χ0v) is 13.4. The summed E-state index contributed by atoms with van der Waals surface area (Å²) in [5.41, 5.74) is 0.0185. The summed E-state index contributed by atoms with van der Waals surface area (Å²) in [6.07, 6.45) is 3.90. The van der Waals surface area contributed by atoms with Crippen molar-refractivity contribution in [2.75, 3.05) is 20.2 Å². The van der Waals surface area contributed by atoms with E-state index >= 15 is 0 Å². The average Bonchev–Trinajstić information content (AvgIpc) is 2.86. The Morgan fingerprint density at radius 3 is 2.55 bits per heavy atom. The summed E-state index contributed by atoms with van der Waals surface area (Å²) in [5.74, 6) is -0.873. The zero-order chi connectivity index (χ0) is 15.0. The van der Waals surface area contributed by atoms with Gasteiger partial charge in [-0.15, -0.1) is 0 Å². The summed E-state index contributed by atoms with van der Waals surface area (Å²) in [7, 11) is -2.08. The summed E-state index contributed by atoms with van der Waals surface area (Å²) in [5, 5.41) is -0.594. The number of nitrogens with zero attached hydrogens (tertiary/aromatic N) is 1. The predicted octanol–water partition coefficient (Wildman–Crippen LogP) is 1.78. The Bertz CT molecular complexity index is 472. The number of carbonyl (C=O) groups excluding carboxylic acids is 1. The Kier molecular flexibility index (Phi) is 4.44. The first kappa shape index (κ1) is 15.8. The Hall–Kier alpha value is -0.620. The van der Waals surface area contributed by atoms with E-state index in [4.69, 9.17) is 4.74 Å². The van der Waals surface area contributed by atoms with Crippen molar-refractivity contribution in [3.8, 4) is 0 Å². The van der Waals surface area contributed by atoms with Crippen molar-refractivity contribution < 1.29 is 17.9 Å². The summed E-state index contributed by atoms with van der Waals surface area (Å²) in [6.45, 7) is 5.33. The van der Waals surface area contributed by atoms with Crippen molar-refractivity contribution in [2.24, 2.45) is 11.3 Å². The first-order valence-corrected chi connectivity index (χ1v) is 8.85. The van der Waals surface area contributed by atoms with Crippen molar-refractivity contribution in [2.45, 2.75) is 51.2 Å². The van der Waals surface area contributed by atoms with Crippen LogP contribution in [0.2, 0.25) is 0 Å². The molecule has 0 aromatic heterocycles. The summed E-state index contributed by atoms with van der Waals surface area (Å²) in [6, 6.07) is 0. The number of sulfonamides is 1. The fourth-order valence-electron chi connectivity index (χ4n) is 3.48. The number of carbonyl (C=O) groups is 1. The molecule has 1 saturated carbocycles. The molecule has 1 saturated heterocycles. The van der Waals surface area contributed by atoms with Crippen LogP contribution in [-0.4, -0.2) is 44.1 Å². The van der Waals surface area contributed by atoms with Gasteiger partial charge in [-0.1, -0.05) is 20.3 Å². The Labute approximate surface area is 121 Å². The minimum absolute atomic E-state index is 0.0185. The van der Waals surface area contributed by atoms with Crippen LogP contribution < -0.4 is 0 Å². The SMILES string of the molecule is COC(=O)C1CCCC1S(=O)(=O)N1CCCC(C)(C)C1. The molecule has 2 fully saturated rings. The first-order valence-electron chi connectivity index (χ1n) is 7.35. The highest BCUT2D eigenvalue weighted by molar-refractivity contribution is 7.89. The lowest BCUT2D eigenvalue weighted by molar-refractivity contribution is -0.145. The number of hydrogen-bond donors (Lipinski definition) is 0. The van der Waals surface area contributed by atoms with E-state index in [1.807, 2.05) is 0 Å². The predicted molar refractivity (Wildman–Crippen MR) is 76.7 cm³/mol. The second kappa shape index (κ2) is 5.64. The normalized spacial score (nSPS) is 31.1. The van der Waals surface area contributed by atoms with Crippen LogP contribution in [0.5, 0.6) is 0 Å². The third-order valence-corrected chi connectivity index (χ3v) is 6.93. The van der Waals surface area contributed by atoms with Gasteiger partial charge in [0.15, 0.2) is 0 Å². The highest BCUT2D eigenvalue weighted by Gasteiger charge is 2.46. The highest BCUT2D eigenvalue weighted by Crippen LogP contribution is 2.37. The van der Waals surface area contributed by atoms with E-state index in [-0.39, 0.29) is 11.4 Å². The van der Waals surface area contributed by atoms with Crippen molar-refractivity contribution >= 4 is 16.0 Å². The van der Waals surface area contributed by atoms with Gasteiger partial charge >= 0.3 is 5.97 Å². The lowest BCUT2D eigenvalue weighted by Gasteiger charge is -2.38. The molecule has 2 aliphatic rings. The maximum atomic E-state index is 12.8.